The molecule has 3 aromatic rings. The molecule has 17 heteroatoms. The first-order valence-corrected chi connectivity index (χ1v) is 14.8. The normalized spacial score (nSPS) is 27.5. The molecule has 2 fully saturated rings. The Morgan fingerprint density at radius 2 is 1.76 bits per heavy atom. The predicted molar refractivity (Wildman–Crippen MR) is 131 cm³/mol. The van der Waals surface area contributed by atoms with Gasteiger partial charge in [0.05, 0.1) is 12.7 Å². The van der Waals surface area contributed by atoms with E-state index in [0.29, 0.717) is 24.2 Å². The van der Waals surface area contributed by atoms with Crippen LogP contribution in [-0.4, -0.2) is 70.5 Å². The van der Waals surface area contributed by atoms with Crippen molar-refractivity contribution >= 4 is 32.6 Å². The van der Waals surface area contributed by atoms with Crippen molar-refractivity contribution in [3.63, 3.8) is 0 Å². The van der Waals surface area contributed by atoms with E-state index in [9.17, 15) is 29.1 Å². The molecule has 0 spiro atoms. The highest BCUT2D eigenvalue weighted by atomic mass is 31.3. The lowest BCUT2D eigenvalue weighted by Gasteiger charge is -2.21. The number of ether oxygens (including phenoxy) is 1. The average Bonchev–Trinajstić information content (AvgIpc) is 3.57. The fourth-order valence-corrected chi connectivity index (χ4v) is 6.87. The topological polar surface area (TPSA) is 222 Å². The van der Waals surface area contributed by atoms with E-state index in [0.717, 1.165) is 12.8 Å². The van der Waals surface area contributed by atoms with E-state index in [4.69, 9.17) is 19.5 Å². The van der Waals surface area contributed by atoms with Crippen molar-refractivity contribution in [3.8, 4) is 11.4 Å². The number of hydrogen-bond donors (Lipinski definition) is 5. The predicted octanol–water partition coefficient (Wildman–Crippen LogP) is 1.89. The SMILES string of the molecule is Nc1ncnc2c1nc(-c1ccccc1)n2[C@@H]1O[C@H](COP(=O)(O)OP(=O)(O)OC2CCCC2)[C@@H](O)[C@H]1O. The summed E-state index contributed by atoms with van der Waals surface area (Å²) in [5, 5.41) is 21.5. The van der Waals surface area contributed by atoms with E-state index in [1.54, 1.807) is 24.3 Å². The second-order valence-electron chi connectivity index (χ2n) is 8.98. The summed E-state index contributed by atoms with van der Waals surface area (Å²) in [6.45, 7) is -0.768. The molecule has 206 valence electrons. The first-order valence-electron chi connectivity index (χ1n) is 11.8. The third-order valence-corrected chi connectivity index (χ3v) is 9.01. The molecule has 1 aromatic carbocycles. The molecule has 15 nitrogen and oxygen atoms in total. The Labute approximate surface area is 216 Å². The number of aromatic nitrogens is 4. The van der Waals surface area contributed by atoms with E-state index in [1.807, 2.05) is 6.07 Å². The number of imidazole rings is 1. The van der Waals surface area contributed by atoms with Crippen LogP contribution in [0.1, 0.15) is 31.9 Å². The van der Waals surface area contributed by atoms with Crippen LogP contribution in [0.15, 0.2) is 36.7 Å². The molecule has 1 saturated heterocycles. The number of aliphatic hydroxyl groups excluding tert-OH is 2. The molecular weight excluding hydrogens is 544 g/mol. The number of aliphatic hydroxyl groups is 2. The maximum absolute atomic E-state index is 12.4. The fraction of sp³-hybridized carbons (Fsp3) is 0.476. The summed E-state index contributed by atoms with van der Waals surface area (Å²) < 4.78 is 45.9. The van der Waals surface area contributed by atoms with Crippen molar-refractivity contribution in [3.05, 3.63) is 36.7 Å². The van der Waals surface area contributed by atoms with Gasteiger partial charge >= 0.3 is 15.6 Å². The van der Waals surface area contributed by atoms with Gasteiger partial charge in [-0.2, -0.15) is 4.31 Å². The third-order valence-electron chi connectivity index (χ3n) is 6.32. The summed E-state index contributed by atoms with van der Waals surface area (Å²) in [6.07, 6.45) is -2.44. The standard InChI is InChI=1S/C21H27N5O10P2/c22-18-15-20(24-11-23-18)26(19(25-15)12-6-2-1-3-7-12)21-17(28)16(27)14(34-21)10-33-37(29,30)36-38(31,32)35-13-8-4-5-9-13/h1-3,6-7,11,13-14,16-17,21,27-28H,4-5,8-10H2,(H,29,30)(H,31,32)(H2,22,23,24)/t14-,16-,17-,21-/m1/s1. The summed E-state index contributed by atoms with van der Waals surface area (Å²) in [5.74, 6) is 0.400. The highest BCUT2D eigenvalue weighted by Gasteiger charge is 2.47. The Morgan fingerprint density at radius 3 is 2.47 bits per heavy atom. The van der Waals surface area contributed by atoms with Crippen LogP contribution in [0.2, 0.25) is 0 Å². The summed E-state index contributed by atoms with van der Waals surface area (Å²) in [7, 11) is -10.0. The van der Waals surface area contributed by atoms with Crippen molar-refractivity contribution in [2.75, 3.05) is 12.3 Å². The molecule has 6 atom stereocenters. The minimum absolute atomic E-state index is 0.0884. The molecule has 5 rings (SSSR count). The van der Waals surface area contributed by atoms with Crippen LogP contribution >= 0.6 is 15.6 Å². The van der Waals surface area contributed by atoms with E-state index in [-0.39, 0.29) is 17.0 Å². The van der Waals surface area contributed by atoms with Gasteiger partial charge in [-0.25, -0.2) is 24.1 Å². The van der Waals surface area contributed by atoms with Crippen molar-refractivity contribution in [2.24, 2.45) is 0 Å². The van der Waals surface area contributed by atoms with Crippen LogP contribution in [-0.2, 0) is 27.2 Å². The Balaban J connectivity index is 1.35. The van der Waals surface area contributed by atoms with Crippen LogP contribution in [0.25, 0.3) is 22.6 Å². The zero-order valence-electron chi connectivity index (χ0n) is 19.9. The molecule has 2 aliphatic rings. The summed E-state index contributed by atoms with van der Waals surface area (Å²) in [6, 6.07) is 8.89. The number of nitrogen functional groups attached to an aromatic ring is 1. The number of rotatable bonds is 9. The first-order chi connectivity index (χ1) is 18.0. The van der Waals surface area contributed by atoms with Crippen LogP contribution in [0.4, 0.5) is 5.82 Å². The number of phosphoric acid groups is 2. The largest absolute Gasteiger partial charge is 0.481 e. The van der Waals surface area contributed by atoms with Gasteiger partial charge in [0.15, 0.2) is 23.2 Å². The van der Waals surface area contributed by atoms with Crippen molar-refractivity contribution in [2.45, 2.75) is 56.3 Å². The molecule has 3 heterocycles. The van der Waals surface area contributed by atoms with Crippen LogP contribution < -0.4 is 5.73 Å². The molecule has 0 radical (unpaired) electrons. The molecule has 38 heavy (non-hydrogen) atoms. The molecule has 2 unspecified atom stereocenters. The maximum Gasteiger partial charge on any atom is 0.481 e. The Morgan fingerprint density at radius 1 is 1.05 bits per heavy atom. The lowest BCUT2D eigenvalue weighted by atomic mass is 10.1. The summed E-state index contributed by atoms with van der Waals surface area (Å²) in [5.41, 5.74) is 7.06. The smallest absolute Gasteiger partial charge is 0.387 e. The van der Waals surface area contributed by atoms with Gasteiger partial charge in [0.25, 0.3) is 0 Å². The van der Waals surface area contributed by atoms with E-state index in [1.165, 1.54) is 10.9 Å². The van der Waals surface area contributed by atoms with Crippen molar-refractivity contribution < 1.29 is 47.2 Å². The van der Waals surface area contributed by atoms with Gasteiger partial charge in [0, 0.05) is 5.56 Å². The number of benzene rings is 1. The zero-order valence-corrected chi connectivity index (χ0v) is 21.7. The first kappa shape index (κ1) is 27.3. The van der Waals surface area contributed by atoms with Gasteiger partial charge in [0.1, 0.15) is 30.5 Å². The number of hydrogen-bond acceptors (Lipinski definition) is 12. The van der Waals surface area contributed by atoms with Crippen LogP contribution in [0.5, 0.6) is 0 Å². The quantitative estimate of drug-likeness (QED) is 0.232. The Kier molecular flexibility index (Phi) is 7.68. The van der Waals surface area contributed by atoms with Crippen molar-refractivity contribution in [1.29, 1.82) is 0 Å². The highest BCUT2D eigenvalue weighted by Crippen LogP contribution is 2.61. The maximum atomic E-state index is 12.4. The minimum atomic E-state index is -5.12. The Hall–Kier alpha value is -2.29. The van der Waals surface area contributed by atoms with E-state index in [2.05, 4.69) is 19.3 Å². The van der Waals surface area contributed by atoms with E-state index >= 15 is 0 Å². The van der Waals surface area contributed by atoms with Gasteiger partial charge in [0.2, 0.25) is 0 Å². The van der Waals surface area contributed by atoms with Crippen LogP contribution in [0.3, 0.4) is 0 Å². The third kappa shape index (κ3) is 5.68. The minimum Gasteiger partial charge on any atom is -0.387 e. The molecular formula is C21H27N5O10P2. The molecule has 1 aliphatic carbocycles. The zero-order chi connectivity index (χ0) is 27.1. The van der Waals surface area contributed by atoms with Gasteiger partial charge in [-0.15, -0.1) is 0 Å². The van der Waals surface area contributed by atoms with Crippen molar-refractivity contribution in [1.82, 2.24) is 19.5 Å². The molecule has 0 bridgehead atoms. The van der Waals surface area contributed by atoms with E-state index < -0.39 is 52.9 Å². The lowest BCUT2D eigenvalue weighted by Crippen LogP contribution is -2.33. The number of anilines is 1. The number of phosphoric ester groups is 2. The van der Waals surface area contributed by atoms with Gasteiger partial charge in [-0.1, -0.05) is 43.2 Å². The highest BCUT2D eigenvalue weighted by molar-refractivity contribution is 7.61. The number of nitrogens with two attached hydrogens (primary N) is 1. The summed E-state index contributed by atoms with van der Waals surface area (Å²) in [4.78, 5) is 32.5. The average molecular weight is 571 g/mol. The molecule has 1 saturated carbocycles. The monoisotopic (exact) mass is 571 g/mol. The van der Waals surface area contributed by atoms with Gasteiger partial charge in [-0.3, -0.25) is 13.6 Å². The fourth-order valence-electron chi connectivity index (χ4n) is 4.56. The van der Waals surface area contributed by atoms with Gasteiger partial charge in [-0.05, 0) is 12.8 Å². The number of nitrogens with zero attached hydrogens (tertiary/aromatic N) is 4. The summed E-state index contributed by atoms with van der Waals surface area (Å²) >= 11 is 0. The molecule has 2 aromatic heterocycles. The lowest BCUT2D eigenvalue weighted by molar-refractivity contribution is -0.0497. The molecule has 0 amide bonds. The second kappa shape index (κ2) is 10.7. The Bertz CT molecular complexity index is 1390. The molecule has 6 N–H and O–H groups in total. The molecule has 1 aliphatic heterocycles. The van der Waals surface area contributed by atoms with Crippen LogP contribution in [0, 0.1) is 0 Å². The van der Waals surface area contributed by atoms with Gasteiger partial charge < -0.3 is 30.5 Å². The number of fused-ring (bicyclic) bond motifs is 1. The second-order valence-corrected chi connectivity index (χ2v) is 12.0.